The van der Waals surface area contributed by atoms with Crippen LogP contribution < -0.4 is 0 Å². The third-order valence-electron chi connectivity index (χ3n) is 4.13. The van der Waals surface area contributed by atoms with Crippen LogP contribution in [0.4, 0.5) is 0 Å². The number of carbonyl (C=O) groups excluding carboxylic acids is 1. The van der Waals surface area contributed by atoms with Crippen LogP contribution >= 0.6 is 0 Å². The summed E-state index contributed by atoms with van der Waals surface area (Å²) in [5.41, 5.74) is 3.70. The molecule has 0 fully saturated rings. The third-order valence-corrected chi connectivity index (χ3v) is 4.13. The number of aromatic hydroxyl groups is 1. The molecular formula is C19H21N3O3. The number of phenolic OH excluding ortho intramolecular Hbond substituents is 1. The number of para-hydroxylation sites is 1. The van der Waals surface area contributed by atoms with E-state index in [0.717, 1.165) is 23.9 Å². The first kappa shape index (κ1) is 17.0. The fourth-order valence-electron chi connectivity index (χ4n) is 2.74. The maximum Gasteiger partial charge on any atom is 0.306 e. The van der Waals surface area contributed by atoms with E-state index < -0.39 is 0 Å². The smallest absolute Gasteiger partial charge is 0.306 e. The highest BCUT2D eigenvalue weighted by Crippen LogP contribution is 2.35. The number of ether oxygens (including phenoxy) is 1. The van der Waals surface area contributed by atoms with Gasteiger partial charge in [-0.15, -0.1) is 5.10 Å². The second-order valence-electron chi connectivity index (χ2n) is 5.90. The van der Waals surface area contributed by atoms with Gasteiger partial charge < -0.3 is 9.84 Å². The Morgan fingerprint density at radius 3 is 2.84 bits per heavy atom. The Morgan fingerprint density at radius 2 is 2.00 bits per heavy atom. The Labute approximate surface area is 145 Å². The zero-order chi connectivity index (χ0) is 17.6. The Balaban J connectivity index is 1.79. The van der Waals surface area contributed by atoms with Gasteiger partial charge in [0.2, 0.25) is 0 Å². The maximum absolute atomic E-state index is 11.8. The number of carbonyl (C=O) groups is 1. The van der Waals surface area contributed by atoms with Gasteiger partial charge in [0.25, 0.3) is 0 Å². The predicted octanol–water partition coefficient (Wildman–Crippen LogP) is 3.61. The van der Waals surface area contributed by atoms with Crippen molar-refractivity contribution in [2.24, 2.45) is 0 Å². The van der Waals surface area contributed by atoms with Crippen molar-refractivity contribution < 1.29 is 14.6 Å². The molecule has 25 heavy (non-hydrogen) atoms. The van der Waals surface area contributed by atoms with E-state index in [0.29, 0.717) is 29.7 Å². The van der Waals surface area contributed by atoms with Crippen molar-refractivity contribution in [3.05, 3.63) is 42.0 Å². The standard InChI is InChI=1S/C19H21N3O3/c1-2-3-12-25-17(23)11-10-13-6-4-8-15(19(13)24)14-7-5-9-16-18(14)21-22-20-16/h4-9,24H,2-3,10-12H2,1H3,(H,20,21,22). The molecule has 6 heteroatoms. The van der Waals surface area contributed by atoms with Crippen molar-refractivity contribution in [2.75, 3.05) is 6.61 Å². The monoisotopic (exact) mass is 339 g/mol. The lowest BCUT2D eigenvalue weighted by Gasteiger charge is -2.10. The van der Waals surface area contributed by atoms with E-state index in [-0.39, 0.29) is 18.1 Å². The summed E-state index contributed by atoms with van der Waals surface area (Å²) < 4.78 is 5.16. The number of fused-ring (bicyclic) bond motifs is 1. The Morgan fingerprint density at radius 1 is 1.20 bits per heavy atom. The van der Waals surface area contributed by atoms with Gasteiger partial charge in [-0.25, -0.2) is 0 Å². The number of nitrogens with zero attached hydrogens (tertiary/aromatic N) is 2. The van der Waals surface area contributed by atoms with Crippen LogP contribution in [0.2, 0.25) is 0 Å². The molecule has 0 radical (unpaired) electrons. The summed E-state index contributed by atoms with van der Waals surface area (Å²) in [5, 5.41) is 21.4. The Hall–Kier alpha value is -2.89. The van der Waals surface area contributed by atoms with E-state index in [2.05, 4.69) is 15.4 Å². The third kappa shape index (κ3) is 3.79. The number of aryl methyl sites for hydroxylation is 1. The summed E-state index contributed by atoms with van der Waals surface area (Å²) in [6, 6.07) is 11.2. The molecule has 6 nitrogen and oxygen atoms in total. The fraction of sp³-hybridized carbons (Fsp3) is 0.316. The lowest BCUT2D eigenvalue weighted by Crippen LogP contribution is -2.07. The zero-order valence-electron chi connectivity index (χ0n) is 14.2. The molecule has 0 spiro atoms. The molecule has 0 aliphatic rings. The van der Waals surface area contributed by atoms with Gasteiger partial charge in [-0.1, -0.05) is 48.9 Å². The van der Waals surface area contributed by atoms with Crippen LogP contribution in [-0.2, 0) is 16.0 Å². The molecule has 130 valence electrons. The molecule has 3 rings (SSSR count). The fourth-order valence-corrected chi connectivity index (χ4v) is 2.74. The first-order chi connectivity index (χ1) is 12.2. The van der Waals surface area contributed by atoms with Crippen LogP contribution in [0.15, 0.2) is 36.4 Å². The van der Waals surface area contributed by atoms with Gasteiger partial charge in [-0.05, 0) is 24.5 Å². The van der Waals surface area contributed by atoms with E-state index in [1.807, 2.05) is 43.3 Å². The first-order valence-corrected chi connectivity index (χ1v) is 8.47. The largest absolute Gasteiger partial charge is 0.507 e. The summed E-state index contributed by atoms with van der Waals surface area (Å²) >= 11 is 0. The molecule has 0 bridgehead atoms. The van der Waals surface area contributed by atoms with Crippen LogP contribution in [0.3, 0.4) is 0 Å². The Kier molecular flexibility index (Phi) is 5.28. The van der Waals surface area contributed by atoms with Crippen LogP contribution in [0.5, 0.6) is 5.75 Å². The van der Waals surface area contributed by atoms with Gasteiger partial charge in [0, 0.05) is 17.5 Å². The van der Waals surface area contributed by atoms with Gasteiger partial charge >= 0.3 is 5.97 Å². The highest BCUT2D eigenvalue weighted by Gasteiger charge is 2.14. The predicted molar refractivity (Wildman–Crippen MR) is 95.2 cm³/mol. The van der Waals surface area contributed by atoms with Crippen LogP contribution in [-0.4, -0.2) is 33.1 Å². The van der Waals surface area contributed by atoms with Crippen LogP contribution in [0, 0.1) is 0 Å². The molecular weight excluding hydrogens is 318 g/mol. The molecule has 0 unspecified atom stereocenters. The number of aromatic nitrogens is 3. The van der Waals surface area contributed by atoms with E-state index in [4.69, 9.17) is 4.74 Å². The SMILES string of the molecule is CCCCOC(=O)CCc1cccc(-c2cccc3[nH]nnc23)c1O. The van der Waals surface area contributed by atoms with Crippen LogP contribution in [0.25, 0.3) is 22.2 Å². The summed E-state index contributed by atoms with van der Waals surface area (Å²) in [6.45, 7) is 2.50. The lowest BCUT2D eigenvalue weighted by atomic mass is 9.98. The van der Waals surface area contributed by atoms with Gasteiger partial charge in [0.05, 0.1) is 12.1 Å². The van der Waals surface area contributed by atoms with Gasteiger partial charge in [0.15, 0.2) is 0 Å². The summed E-state index contributed by atoms with van der Waals surface area (Å²) in [5.74, 6) is -0.0729. The van der Waals surface area contributed by atoms with Crippen molar-refractivity contribution in [1.82, 2.24) is 15.4 Å². The second-order valence-corrected chi connectivity index (χ2v) is 5.90. The summed E-state index contributed by atoms with van der Waals surface area (Å²) in [7, 11) is 0. The quantitative estimate of drug-likeness (QED) is 0.507. The molecule has 1 aromatic heterocycles. The highest BCUT2D eigenvalue weighted by atomic mass is 16.5. The molecule has 0 aliphatic heterocycles. The van der Waals surface area contributed by atoms with Gasteiger partial charge in [-0.2, -0.15) is 0 Å². The van der Waals surface area contributed by atoms with Crippen molar-refractivity contribution in [3.63, 3.8) is 0 Å². The van der Waals surface area contributed by atoms with Crippen LogP contribution in [0.1, 0.15) is 31.7 Å². The molecule has 1 heterocycles. The number of phenols is 1. The molecule has 0 amide bonds. The van der Waals surface area contributed by atoms with Gasteiger partial charge in [-0.3, -0.25) is 9.89 Å². The van der Waals surface area contributed by atoms with Gasteiger partial charge in [0.1, 0.15) is 11.3 Å². The average Bonchev–Trinajstić information content (AvgIpc) is 3.10. The normalized spacial score (nSPS) is 10.9. The van der Waals surface area contributed by atoms with Crippen molar-refractivity contribution >= 4 is 17.0 Å². The minimum atomic E-state index is -0.239. The number of hydrogen-bond donors (Lipinski definition) is 2. The number of rotatable bonds is 7. The molecule has 0 aliphatic carbocycles. The number of esters is 1. The number of H-pyrrole nitrogens is 1. The first-order valence-electron chi connectivity index (χ1n) is 8.47. The average molecular weight is 339 g/mol. The zero-order valence-corrected chi connectivity index (χ0v) is 14.2. The molecule has 0 atom stereocenters. The van der Waals surface area contributed by atoms with E-state index >= 15 is 0 Å². The minimum Gasteiger partial charge on any atom is -0.507 e. The Bertz CT molecular complexity index is 873. The molecule has 2 N–H and O–H groups in total. The summed E-state index contributed by atoms with van der Waals surface area (Å²) in [4.78, 5) is 11.8. The lowest BCUT2D eigenvalue weighted by molar-refractivity contribution is -0.143. The second kappa shape index (κ2) is 7.79. The number of nitrogens with one attached hydrogen (secondary N) is 1. The number of unbranched alkanes of at least 4 members (excludes halogenated alkanes) is 1. The number of aromatic amines is 1. The molecule has 2 aromatic carbocycles. The van der Waals surface area contributed by atoms with Crippen molar-refractivity contribution in [3.8, 4) is 16.9 Å². The van der Waals surface area contributed by atoms with E-state index in [9.17, 15) is 9.90 Å². The molecule has 0 saturated carbocycles. The van der Waals surface area contributed by atoms with Crippen molar-refractivity contribution in [1.29, 1.82) is 0 Å². The number of benzene rings is 2. The highest BCUT2D eigenvalue weighted by molar-refractivity contribution is 5.93. The van der Waals surface area contributed by atoms with E-state index in [1.54, 1.807) is 0 Å². The minimum absolute atomic E-state index is 0.166. The summed E-state index contributed by atoms with van der Waals surface area (Å²) in [6.07, 6.45) is 2.53. The molecule has 3 aromatic rings. The molecule has 0 saturated heterocycles. The van der Waals surface area contributed by atoms with Crippen molar-refractivity contribution in [2.45, 2.75) is 32.6 Å². The number of hydrogen-bond acceptors (Lipinski definition) is 5. The maximum atomic E-state index is 11.8. The topological polar surface area (TPSA) is 88.1 Å². The van der Waals surface area contributed by atoms with E-state index in [1.165, 1.54) is 0 Å².